The van der Waals surface area contributed by atoms with Crippen LogP contribution in [-0.4, -0.2) is 42.4 Å². The van der Waals surface area contributed by atoms with Gasteiger partial charge in [0.2, 0.25) is 0 Å². The fourth-order valence-corrected chi connectivity index (χ4v) is 3.34. The number of hydrogen-bond acceptors (Lipinski definition) is 3. The lowest BCUT2D eigenvalue weighted by atomic mass is 9.64. The quantitative estimate of drug-likeness (QED) is 0.674. The van der Waals surface area contributed by atoms with Crippen molar-refractivity contribution < 1.29 is 19.4 Å². The Balaban J connectivity index is 1.91. The summed E-state index contributed by atoms with van der Waals surface area (Å²) in [7, 11) is 1.69. The summed E-state index contributed by atoms with van der Waals surface area (Å²) in [5, 5.41) is 14.9. The van der Waals surface area contributed by atoms with Crippen molar-refractivity contribution in [1.29, 1.82) is 0 Å². The summed E-state index contributed by atoms with van der Waals surface area (Å²) >= 11 is 0. The summed E-state index contributed by atoms with van der Waals surface area (Å²) in [6.45, 7) is 4.14. The van der Waals surface area contributed by atoms with Crippen LogP contribution in [0.25, 0.3) is 0 Å². The molecule has 1 aromatic carbocycles. The van der Waals surface area contributed by atoms with Gasteiger partial charge in [-0.05, 0) is 24.8 Å². The molecular formula is C19H28N2O4. The standard InChI is InChI=1S/C19H28N2O4/c1-19(2)15(12-16(19)25-3)21-18(24)20-14(9-10-17(22)23)11-13-7-5-4-6-8-13/h4-8,14-16H,9-12H2,1-3H3,(H,22,23)(H2,20,21,24). The fraction of sp³-hybridized carbons (Fsp3) is 0.579. The molecule has 1 aromatic rings. The van der Waals surface area contributed by atoms with Crippen molar-refractivity contribution in [3.8, 4) is 0 Å². The number of ether oxygens (including phenoxy) is 1. The van der Waals surface area contributed by atoms with Gasteiger partial charge in [-0.25, -0.2) is 4.79 Å². The Kier molecular flexibility index (Phi) is 6.42. The Hall–Kier alpha value is -2.08. The molecule has 3 atom stereocenters. The van der Waals surface area contributed by atoms with Crippen molar-refractivity contribution in [3.63, 3.8) is 0 Å². The summed E-state index contributed by atoms with van der Waals surface area (Å²) in [5.74, 6) is -0.858. The smallest absolute Gasteiger partial charge is 0.315 e. The molecule has 0 spiro atoms. The molecule has 6 nitrogen and oxygen atoms in total. The Morgan fingerprint density at radius 2 is 2.00 bits per heavy atom. The monoisotopic (exact) mass is 348 g/mol. The molecule has 2 amide bonds. The van der Waals surface area contributed by atoms with E-state index in [9.17, 15) is 9.59 Å². The summed E-state index contributed by atoms with van der Waals surface area (Å²) in [5.41, 5.74) is 0.962. The van der Waals surface area contributed by atoms with Crippen LogP contribution in [0.15, 0.2) is 30.3 Å². The molecule has 0 radical (unpaired) electrons. The molecule has 1 aliphatic carbocycles. The highest BCUT2D eigenvalue weighted by molar-refractivity contribution is 5.75. The van der Waals surface area contributed by atoms with E-state index in [4.69, 9.17) is 9.84 Å². The van der Waals surface area contributed by atoms with Crippen LogP contribution >= 0.6 is 0 Å². The van der Waals surface area contributed by atoms with Crippen LogP contribution in [0.3, 0.4) is 0 Å². The second-order valence-corrected chi connectivity index (χ2v) is 7.27. The van der Waals surface area contributed by atoms with E-state index in [0.29, 0.717) is 12.8 Å². The number of carboxylic acids is 1. The van der Waals surface area contributed by atoms with Crippen molar-refractivity contribution in [2.75, 3.05) is 7.11 Å². The number of hydrogen-bond donors (Lipinski definition) is 3. The Morgan fingerprint density at radius 3 is 2.56 bits per heavy atom. The average Bonchev–Trinajstić information content (AvgIpc) is 2.57. The minimum atomic E-state index is -0.858. The Bertz CT molecular complexity index is 588. The van der Waals surface area contributed by atoms with E-state index in [1.807, 2.05) is 30.3 Å². The molecule has 0 saturated heterocycles. The molecule has 1 fully saturated rings. The van der Waals surface area contributed by atoms with Crippen LogP contribution in [0.4, 0.5) is 4.79 Å². The predicted octanol–water partition coefficient (Wildman–Crippen LogP) is 2.58. The highest BCUT2D eigenvalue weighted by Gasteiger charge is 2.49. The lowest BCUT2D eigenvalue weighted by Gasteiger charge is -2.51. The summed E-state index contributed by atoms with van der Waals surface area (Å²) in [6, 6.07) is 9.34. The van der Waals surface area contributed by atoms with E-state index in [-0.39, 0.29) is 36.1 Å². The summed E-state index contributed by atoms with van der Waals surface area (Å²) < 4.78 is 5.40. The maximum Gasteiger partial charge on any atom is 0.315 e. The Morgan fingerprint density at radius 1 is 1.32 bits per heavy atom. The Labute approximate surface area is 149 Å². The molecule has 3 N–H and O–H groups in total. The molecule has 0 bridgehead atoms. The normalized spacial score (nSPS) is 22.5. The largest absolute Gasteiger partial charge is 0.481 e. The molecule has 3 unspecified atom stereocenters. The van der Waals surface area contributed by atoms with Gasteiger partial charge in [0.25, 0.3) is 0 Å². The van der Waals surface area contributed by atoms with Crippen LogP contribution in [0.5, 0.6) is 0 Å². The van der Waals surface area contributed by atoms with E-state index in [1.54, 1.807) is 7.11 Å². The number of aliphatic carboxylic acids is 1. The number of carbonyl (C=O) groups excluding carboxylic acids is 1. The number of carboxylic acid groups (broad SMARTS) is 1. The third-order valence-corrected chi connectivity index (χ3v) is 5.13. The lowest BCUT2D eigenvalue weighted by Crippen LogP contribution is -2.63. The van der Waals surface area contributed by atoms with Gasteiger partial charge in [0.15, 0.2) is 0 Å². The van der Waals surface area contributed by atoms with Gasteiger partial charge in [-0.1, -0.05) is 44.2 Å². The van der Waals surface area contributed by atoms with Gasteiger partial charge < -0.3 is 20.5 Å². The highest BCUT2D eigenvalue weighted by Crippen LogP contribution is 2.42. The number of carbonyl (C=O) groups is 2. The SMILES string of the molecule is COC1CC(NC(=O)NC(CCC(=O)O)Cc2ccccc2)C1(C)C. The highest BCUT2D eigenvalue weighted by atomic mass is 16.5. The van der Waals surface area contributed by atoms with Gasteiger partial charge in [-0.3, -0.25) is 4.79 Å². The first-order chi connectivity index (χ1) is 11.8. The van der Waals surface area contributed by atoms with E-state index in [2.05, 4.69) is 24.5 Å². The zero-order chi connectivity index (χ0) is 18.4. The van der Waals surface area contributed by atoms with E-state index < -0.39 is 5.97 Å². The lowest BCUT2D eigenvalue weighted by molar-refractivity contribution is -0.137. The maximum atomic E-state index is 12.4. The molecule has 0 aromatic heterocycles. The fourth-order valence-electron chi connectivity index (χ4n) is 3.34. The van der Waals surface area contributed by atoms with Crippen LogP contribution in [0, 0.1) is 5.41 Å². The molecule has 25 heavy (non-hydrogen) atoms. The first kappa shape index (κ1) is 19.2. The maximum absolute atomic E-state index is 12.4. The predicted molar refractivity (Wildman–Crippen MR) is 95.5 cm³/mol. The number of benzene rings is 1. The zero-order valence-electron chi connectivity index (χ0n) is 15.1. The van der Waals surface area contributed by atoms with Crippen molar-refractivity contribution in [2.24, 2.45) is 5.41 Å². The second-order valence-electron chi connectivity index (χ2n) is 7.27. The molecule has 2 rings (SSSR count). The summed E-state index contributed by atoms with van der Waals surface area (Å²) in [6.07, 6.45) is 1.96. The van der Waals surface area contributed by atoms with E-state index >= 15 is 0 Å². The van der Waals surface area contributed by atoms with Gasteiger partial charge in [0.1, 0.15) is 0 Å². The molecule has 1 aliphatic rings. The number of rotatable bonds is 8. The zero-order valence-corrected chi connectivity index (χ0v) is 15.1. The van der Waals surface area contributed by atoms with Gasteiger partial charge in [-0.2, -0.15) is 0 Å². The van der Waals surface area contributed by atoms with E-state index in [0.717, 1.165) is 12.0 Å². The molecule has 0 aliphatic heterocycles. The first-order valence-corrected chi connectivity index (χ1v) is 8.68. The van der Waals surface area contributed by atoms with Crippen molar-refractivity contribution in [3.05, 3.63) is 35.9 Å². The second kappa shape index (κ2) is 8.34. The van der Waals surface area contributed by atoms with Gasteiger partial charge in [0.05, 0.1) is 6.10 Å². The first-order valence-electron chi connectivity index (χ1n) is 8.68. The van der Waals surface area contributed by atoms with E-state index in [1.165, 1.54) is 0 Å². The van der Waals surface area contributed by atoms with Crippen LogP contribution in [0.2, 0.25) is 0 Å². The van der Waals surface area contributed by atoms with Gasteiger partial charge in [-0.15, -0.1) is 0 Å². The minimum absolute atomic E-state index is 0.0262. The van der Waals surface area contributed by atoms with Crippen LogP contribution < -0.4 is 10.6 Å². The molecule has 138 valence electrons. The van der Waals surface area contributed by atoms with Crippen molar-refractivity contribution >= 4 is 12.0 Å². The van der Waals surface area contributed by atoms with Gasteiger partial charge >= 0.3 is 12.0 Å². The van der Waals surface area contributed by atoms with Crippen molar-refractivity contribution in [2.45, 2.75) is 57.7 Å². The topological polar surface area (TPSA) is 87.7 Å². The minimum Gasteiger partial charge on any atom is -0.481 e. The van der Waals surface area contributed by atoms with Crippen LogP contribution in [-0.2, 0) is 16.0 Å². The average molecular weight is 348 g/mol. The molecule has 1 saturated carbocycles. The number of methoxy groups -OCH3 is 1. The summed E-state index contributed by atoms with van der Waals surface area (Å²) in [4.78, 5) is 23.3. The number of amides is 2. The molecule has 0 heterocycles. The van der Waals surface area contributed by atoms with Gasteiger partial charge in [0, 0.05) is 31.0 Å². The van der Waals surface area contributed by atoms with Crippen LogP contribution in [0.1, 0.15) is 38.7 Å². The number of nitrogens with one attached hydrogen (secondary N) is 2. The molecular weight excluding hydrogens is 320 g/mol. The third-order valence-electron chi connectivity index (χ3n) is 5.13. The van der Waals surface area contributed by atoms with Crippen molar-refractivity contribution in [1.82, 2.24) is 10.6 Å². The molecule has 6 heteroatoms. The third kappa shape index (κ3) is 5.19. The number of urea groups is 1.